The van der Waals surface area contributed by atoms with Crippen LogP contribution in [0.25, 0.3) is 22.2 Å². The van der Waals surface area contributed by atoms with E-state index in [0.717, 1.165) is 0 Å². The van der Waals surface area contributed by atoms with Crippen molar-refractivity contribution in [3.63, 3.8) is 0 Å². The Morgan fingerprint density at radius 1 is 0.800 bits per heavy atom. The minimum absolute atomic E-state index is 1.26. The number of hydrogen-bond acceptors (Lipinski definition) is 0. The van der Waals surface area contributed by atoms with E-state index in [1.165, 1.54) is 38.9 Å². The lowest BCUT2D eigenvalue weighted by atomic mass is 10.0. The number of benzene rings is 2. The van der Waals surface area contributed by atoms with E-state index in [1.807, 2.05) is 0 Å². The van der Waals surface area contributed by atoms with Crippen LogP contribution in [0.3, 0.4) is 0 Å². The Labute approximate surface area is 120 Å². The van der Waals surface area contributed by atoms with Crippen LogP contribution in [-0.4, -0.2) is 0 Å². The predicted octanol–water partition coefficient (Wildman–Crippen LogP) is 4.26. The van der Waals surface area contributed by atoms with Crippen molar-refractivity contribution < 1.29 is 4.57 Å². The summed E-state index contributed by atoms with van der Waals surface area (Å²) in [6.07, 6.45) is 0. The van der Waals surface area contributed by atoms with Gasteiger partial charge in [-0.2, -0.15) is 4.57 Å². The molecular weight excluding hydrogens is 242 g/mol. The van der Waals surface area contributed by atoms with E-state index < -0.39 is 0 Å². The summed E-state index contributed by atoms with van der Waals surface area (Å²) < 4.78 is 2.30. The SMILES string of the molecule is Cc1cc(C)c2ccc(-c3ccccc3C)[n+](C)c2c1. The number of nitrogens with zero attached hydrogens (tertiary/aromatic N) is 1. The van der Waals surface area contributed by atoms with Crippen LogP contribution in [-0.2, 0) is 7.05 Å². The van der Waals surface area contributed by atoms with Crippen molar-refractivity contribution in [3.8, 4) is 11.3 Å². The third-order valence-electron chi connectivity index (χ3n) is 4.06. The van der Waals surface area contributed by atoms with Gasteiger partial charge < -0.3 is 0 Å². The third kappa shape index (κ3) is 2.00. The second kappa shape index (κ2) is 4.75. The fourth-order valence-electron chi connectivity index (χ4n) is 2.99. The number of fused-ring (bicyclic) bond motifs is 1. The molecule has 0 fully saturated rings. The zero-order chi connectivity index (χ0) is 14.3. The number of pyridine rings is 1. The normalized spacial score (nSPS) is 11.0. The standard InChI is InChI=1S/C19H20N/c1-13-11-15(3)17-9-10-18(20(4)19(17)12-13)16-8-6-5-7-14(16)2/h5-12H,1-4H3/q+1. The molecule has 0 saturated heterocycles. The molecule has 0 aliphatic carbocycles. The average Bonchev–Trinajstić information content (AvgIpc) is 2.41. The third-order valence-corrected chi connectivity index (χ3v) is 4.06. The van der Waals surface area contributed by atoms with Gasteiger partial charge in [0.2, 0.25) is 11.2 Å². The molecule has 20 heavy (non-hydrogen) atoms. The zero-order valence-corrected chi connectivity index (χ0v) is 12.6. The molecule has 0 saturated carbocycles. The molecule has 0 radical (unpaired) electrons. The van der Waals surface area contributed by atoms with Gasteiger partial charge in [0.15, 0.2) is 0 Å². The first kappa shape index (κ1) is 12.9. The molecule has 0 N–H and O–H groups in total. The van der Waals surface area contributed by atoms with Crippen LogP contribution >= 0.6 is 0 Å². The van der Waals surface area contributed by atoms with E-state index in [-0.39, 0.29) is 0 Å². The van der Waals surface area contributed by atoms with Crippen molar-refractivity contribution in [2.75, 3.05) is 0 Å². The van der Waals surface area contributed by atoms with Gasteiger partial charge in [0.05, 0.1) is 0 Å². The van der Waals surface area contributed by atoms with E-state index in [4.69, 9.17) is 0 Å². The zero-order valence-electron chi connectivity index (χ0n) is 12.6. The van der Waals surface area contributed by atoms with Gasteiger partial charge in [0.1, 0.15) is 7.05 Å². The fourth-order valence-corrected chi connectivity index (χ4v) is 2.99. The van der Waals surface area contributed by atoms with Crippen molar-refractivity contribution in [2.24, 2.45) is 7.05 Å². The Hall–Kier alpha value is -2.15. The van der Waals surface area contributed by atoms with Crippen LogP contribution in [0.5, 0.6) is 0 Å². The molecule has 0 spiro atoms. The number of hydrogen-bond donors (Lipinski definition) is 0. The summed E-state index contributed by atoms with van der Waals surface area (Å²) in [4.78, 5) is 0. The summed E-state index contributed by atoms with van der Waals surface area (Å²) in [5.41, 5.74) is 7.83. The quantitative estimate of drug-likeness (QED) is 0.577. The summed E-state index contributed by atoms with van der Waals surface area (Å²) in [5, 5.41) is 1.33. The molecule has 0 unspecified atom stereocenters. The largest absolute Gasteiger partial charge is 0.213 e. The van der Waals surface area contributed by atoms with Gasteiger partial charge in [-0.15, -0.1) is 0 Å². The van der Waals surface area contributed by atoms with Gasteiger partial charge in [-0.1, -0.05) is 24.3 Å². The summed E-state index contributed by atoms with van der Waals surface area (Å²) >= 11 is 0. The van der Waals surface area contributed by atoms with E-state index in [9.17, 15) is 0 Å². The van der Waals surface area contributed by atoms with Gasteiger partial charge in [-0.3, -0.25) is 0 Å². The predicted molar refractivity (Wildman–Crippen MR) is 84.8 cm³/mol. The molecule has 1 aromatic heterocycles. The Morgan fingerprint density at radius 3 is 2.30 bits per heavy atom. The van der Waals surface area contributed by atoms with Gasteiger partial charge in [0.25, 0.3) is 0 Å². The first-order chi connectivity index (χ1) is 9.58. The molecule has 0 atom stereocenters. The van der Waals surface area contributed by atoms with E-state index in [0.29, 0.717) is 0 Å². The summed E-state index contributed by atoms with van der Waals surface area (Å²) in [5.74, 6) is 0. The highest BCUT2D eigenvalue weighted by Crippen LogP contribution is 2.24. The van der Waals surface area contributed by atoms with Crippen LogP contribution in [0.1, 0.15) is 16.7 Å². The molecule has 3 aromatic rings. The first-order valence-electron chi connectivity index (χ1n) is 7.04. The van der Waals surface area contributed by atoms with E-state index in [2.05, 4.69) is 80.9 Å². The van der Waals surface area contributed by atoms with Gasteiger partial charge in [-0.25, -0.2) is 0 Å². The maximum absolute atomic E-state index is 2.30. The number of aryl methyl sites for hydroxylation is 4. The van der Waals surface area contributed by atoms with Crippen LogP contribution in [0, 0.1) is 20.8 Å². The van der Waals surface area contributed by atoms with Gasteiger partial charge >= 0.3 is 0 Å². The van der Waals surface area contributed by atoms with Gasteiger partial charge in [0, 0.05) is 23.1 Å². The van der Waals surface area contributed by atoms with Gasteiger partial charge in [-0.05, 0) is 49.6 Å². The maximum Gasteiger partial charge on any atom is 0.213 e. The topological polar surface area (TPSA) is 3.88 Å². The number of aromatic nitrogens is 1. The lowest BCUT2D eigenvalue weighted by Crippen LogP contribution is -2.32. The second-order valence-electron chi connectivity index (χ2n) is 5.61. The molecule has 0 bridgehead atoms. The molecule has 3 rings (SSSR count). The molecule has 0 amide bonds. The lowest BCUT2D eigenvalue weighted by molar-refractivity contribution is -0.633. The lowest BCUT2D eigenvalue weighted by Gasteiger charge is -2.08. The number of rotatable bonds is 1. The minimum Gasteiger partial charge on any atom is -0.194 e. The van der Waals surface area contributed by atoms with Crippen molar-refractivity contribution >= 4 is 10.9 Å². The summed E-state index contributed by atoms with van der Waals surface area (Å²) in [6.45, 7) is 6.51. The van der Waals surface area contributed by atoms with Crippen LogP contribution in [0.15, 0.2) is 48.5 Å². The second-order valence-corrected chi connectivity index (χ2v) is 5.61. The minimum atomic E-state index is 1.26. The highest BCUT2D eigenvalue weighted by molar-refractivity contribution is 5.82. The fraction of sp³-hybridized carbons (Fsp3) is 0.211. The highest BCUT2D eigenvalue weighted by Gasteiger charge is 2.16. The first-order valence-corrected chi connectivity index (χ1v) is 7.04. The Balaban J connectivity index is 2.35. The average molecular weight is 262 g/mol. The molecule has 2 aromatic carbocycles. The molecule has 100 valence electrons. The smallest absolute Gasteiger partial charge is 0.194 e. The Morgan fingerprint density at radius 2 is 1.55 bits per heavy atom. The van der Waals surface area contributed by atoms with E-state index >= 15 is 0 Å². The van der Waals surface area contributed by atoms with Crippen molar-refractivity contribution in [3.05, 3.63) is 65.2 Å². The van der Waals surface area contributed by atoms with Crippen molar-refractivity contribution in [1.29, 1.82) is 0 Å². The monoisotopic (exact) mass is 262 g/mol. The molecule has 1 heteroatoms. The Kier molecular flexibility index (Phi) is 3.06. The van der Waals surface area contributed by atoms with Crippen LogP contribution in [0.4, 0.5) is 0 Å². The summed E-state index contributed by atoms with van der Waals surface area (Å²) in [6, 6.07) is 17.5. The molecule has 1 nitrogen and oxygen atoms in total. The maximum atomic E-state index is 2.30. The molecular formula is C19H20N+. The van der Waals surface area contributed by atoms with Crippen molar-refractivity contribution in [2.45, 2.75) is 20.8 Å². The highest BCUT2D eigenvalue weighted by atomic mass is 14.9. The van der Waals surface area contributed by atoms with Crippen LogP contribution in [0.2, 0.25) is 0 Å². The molecule has 1 heterocycles. The van der Waals surface area contributed by atoms with E-state index in [1.54, 1.807) is 0 Å². The molecule has 0 aliphatic rings. The van der Waals surface area contributed by atoms with Crippen LogP contribution < -0.4 is 4.57 Å². The summed E-state index contributed by atoms with van der Waals surface area (Å²) in [7, 11) is 2.16. The Bertz CT molecular complexity index is 800. The van der Waals surface area contributed by atoms with Crippen molar-refractivity contribution in [1.82, 2.24) is 0 Å². The molecule has 0 aliphatic heterocycles.